The summed E-state index contributed by atoms with van der Waals surface area (Å²) in [6.45, 7) is 37.4. The minimum atomic E-state index is 1.24. The predicted molar refractivity (Wildman–Crippen MR) is 543 cm³/mol. The largest absolute Gasteiger partial charge is 0.0654 e. The Morgan fingerprint density at radius 2 is 0.451 bits per heavy atom. The van der Waals surface area contributed by atoms with E-state index in [4.69, 9.17) is 0 Å². The van der Waals surface area contributed by atoms with Gasteiger partial charge in [0.05, 0.1) is 0 Å². The molecule has 0 spiro atoms. The van der Waals surface area contributed by atoms with E-state index >= 15 is 0 Å². The predicted octanol–water partition coefficient (Wildman–Crippen LogP) is 36.6. The first-order valence-corrected chi connectivity index (χ1v) is 46.2. The minimum absolute atomic E-state index is 1.24. The SMILES string of the molecule is CCCCCCCCc1c(CCCCCCCC)c2cc(C)ccc2c2ccc(C)cc12.CCCCCCc1cc(C)cc(C)c1.Cc1ccc2c(c1)c(-c1ccccc1)c(-c1ccccc1)c1cc(C)ccc12.Cc1ccc2c(c1)c(C)c(-c1ccccc1)c1cc(C)ccc12.Cc1ccc2c(c1)cc(C)c1cc(C)ccc12.Cc1cccc(C)c1. The fourth-order valence-corrected chi connectivity index (χ4v) is 18.6. The molecule has 0 aliphatic carbocycles. The molecule has 0 aliphatic rings. The van der Waals surface area contributed by atoms with E-state index < -0.39 is 0 Å². The Hall–Kier alpha value is -11.2. The van der Waals surface area contributed by atoms with Gasteiger partial charge in [0.25, 0.3) is 0 Å². The van der Waals surface area contributed by atoms with Crippen molar-refractivity contribution in [2.45, 2.75) is 240 Å². The molecule has 0 unspecified atom stereocenters. The normalized spacial score (nSPS) is 11.1. The van der Waals surface area contributed by atoms with Gasteiger partial charge in [-0.05, 0) is 283 Å². The van der Waals surface area contributed by atoms with Crippen LogP contribution in [-0.4, -0.2) is 0 Å². The van der Waals surface area contributed by atoms with Crippen molar-refractivity contribution >= 4 is 86.2 Å². The van der Waals surface area contributed by atoms with E-state index in [9.17, 15) is 0 Å². The van der Waals surface area contributed by atoms with Gasteiger partial charge in [0.2, 0.25) is 0 Å². The highest BCUT2D eigenvalue weighted by molar-refractivity contribution is 6.22. The van der Waals surface area contributed by atoms with Crippen molar-refractivity contribution in [1.29, 1.82) is 0 Å². The summed E-state index contributed by atoms with van der Waals surface area (Å²) in [6.07, 6.45) is 25.6. The average Bonchev–Trinajstić information content (AvgIpc) is 0.729. The number of hydrogen-bond donors (Lipinski definition) is 0. The van der Waals surface area contributed by atoms with E-state index in [-0.39, 0.29) is 0 Å². The lowest BCUT2D eigenvalue weighted by Crippen LogP contribution is -2.00. The lowest BCUT2D eigenvalue weighted by atomic mass is 9.84. The molecule has 0 N–H and O–H groups in total. The van der Waals surface area contributed by atoms with Crippen LogP contribution in [-0.2, 0) is 19.3 Å². The maximum absolute atomic E-state index is 2.46. The summed E-state index contributed by atoms with van der Waals surface area (Å²) in [4.78, 5) is 0. The van der Waals surface area contributed by atoms with Crippen molar-refractivity contribution < 1.29 is 0 Å². The van der Waals surface area contributed by atoms with Crippen molar-refractivity contribution in [3.05, 3.63) is 380 Å². The zero-order chi connectivity index (χ0) is 86.2. The molecule has 0 aromatic heterocycles. The third-order valence-electron chi connectivity index (χ3n) is 24.8. The van der Waals surface area contributed by atoms with Gasteiger partial charge >= 0.3 is 0 Å². The summed E-state index contributed by atoms with van der Waals surface area (Å²) in [6, 6.07) is 105. The first kappa shape index (κ1) is 90.1. The molecule has 17 aromatic carbocycles. The van der Waals surface area contributed by atoms with Crippen LogP contribution in [0.25, 0.3) is 120 Å². The molecule has 0 saturated carbocycles. The van der Waals surface area contributed by atoms with E-state index in [0.717, 1.165) is 0 Å². The lowest BCUT2D eigenvalue weighted by Gasteiger charge is -2.19. The fraction of sp³-hybridized carbons (Fsp3) is 0.295. The van der Waals surface area contributed by atoms with Crippen LogP contribution in [0.2, 0.25) is 0 Å². The molecule has 0 atom stereocenters. The van der Waals surface area contributed by atoms with Gasteiger partial charge in [0.1, 0.15) is 0 Å². The van der Waals surface area contributed by atoms with Gasteiger partial charge in [-0.1, -0.05) is 456 Å². The number of rotatable bonds is 22. The summed E-state index contributed by atoms with van der Waals surface area (Å²) in [5.74, 6) is 0. The highest BCUT2D eigenvalue weighted by Gasteiger charge is 2.20. The zero-order valence-electron chi connectivity index (χ0n) is 77.1. The van der Waals surface area contributed by atoms with Crippen LogP contribution in [0.1, 0.15) is 218 Å². The molecule has 0 fully saturated rings. The summed E-state index contributed by atoms with van der Waals surface area (Å²) in [5, 5.41) is 22.1. The van der Waals surface area contributed by atoms with Crippen molar-refractivity contribution in [1.82, 2.24) is 0 Å². The standard InChI is InChI=1S/C32H46.C28H22.C23H20.C17H16.C14H22.C8H10/c1-5-7-9-11-13-15-17-27-28(18-16-14-12-10-8-6-2)32-24-26(4)20-22-30(32)29-21-19-25(3)23-31(27)29;1-19-13-15-23-24-16-14-20(2)18-26(24)28(22-11-7-4-8-12-22)27(25(23)17-19)21-9-5-3-6-10-21;1-15-9-11-19-20-12-10-16(2)14-22(20)23(17(3)21(19)13-15)18-7-5-4-6-8-18;1-11-4-6-15-14(8-11)10-13(3)17-9-12(2)5-7-16(15)17;1-4-5-6-7-8-14-10-12(2)9-13(3)11-14;1-7-4-3-5-8(2)6-7/h19-24H,5-18H2,1-4H3;3-18H,1-2H3;4-14H,1-3H3;4-10H,1-3H3;9-11H,4-8H2,1-3H3;3-6H,1-2H3. The second-order valence-electron chi connectivity index (χ2n) is 35.6. The Labute approximate surface area is 734 Å². The van der Waals surface area contributed by atoms with Crippen LogP contribution >= 0.6 is 0 Å². The highest BCUT2D eigenvalue weighted by Crippen LogP contribution is 2.46. The van der Waals surface area contributed by atoms with E-state index in [2.05, 4.69) is 403 Å². The van der Waals surface area contributed by atoms with Gasteiger partial charge in [-0.25, -0.2) is 0 Å². The van der Waals surface area contributed by atoms with E-state index in [1.54, 1.807) is 11.1 Å². The third kappa shape index (κ3) is 23.3. The van der Waals surface area contributed by atoms with Crippen LogP contribution in [0.3, 0.4) is 0 Å². The first-order chi connectivity index (χ1) is 59.2. The zero-order valence-corrected chi connectivity index (χ0v) is 77.1. The Balaban J connectivity index is 0.000000139. The second-order valence-corrected chi connectivity index (χ2v) is 35.6. The van der Waals surface area contributed by atoms with Crippen LogP contribution in [0.15, 0.2) is 285 Å². The van der Waals surface area contributed by atoms with Crippen molar-refractivity contribution in [2.24, 2.45) is 0 Å². The summed E-state index contributed by atoms with van der Waals surface area (Å²) in [7, 11) is 0. The highest BCUT2D eigenvalue weighted by atomic mass is 14.2. The molecule has 17 rings (SSSR count). The molecule has 0 saturated heterocycles. The molecular formula is C122H136. The molecule has 624 valence electrons. The van der Waals surface area contributed by atoms with E-state index in [0.29, 0.717) is 0 Å². The number of aryl methyl sites for hydroxylation is 17. The number of benzene rings is 17. The molecule has 0 heterocycles. The maximum Gasteiger partial charge on any atom is -0.00203 e. The van der Waals surface area contributed by atoms with Crippen molar-refractivity contribution in [3.8, 4) is 33.4 Å². The van der Waals surface area contributed by atoms with Gasteiger partial charge in [-0.15, -0.1) is 0 Å². The van der Waals surface area contributed by atoms with E-state index in [1.807, 2.05) is 0 Å². The van der Waals surface area contributed by atoms with Crippen molar-refractivity contribution in [2.75, 3.05) is 0 Å². The molecule has 17 aromatic rings. The van der Waals surface area contributed by atoms with Gasteiger partial charge in [0, 0.05) is 0 Å². The number of hydrogen-bond acceptors (Lipinski definition) is 0. The molecule has 0 amide bonds. The summed E-state index contributed by atoms with van der Waals surface area (Å²) in [5.41, 5.74) is 31.5. The third-order valence-corrected chi connectivity index (χ3v) is 24.8. The molecule has 0 radical (unpaired) electrons. The van der Waals surface area contributed by atoms with E-state index in [1.165, 1.54) is 325 Å². The number of fused-ring (bicyclic) bond motifs is 12. The van der Waals surface area contributed by atoms with Crippen LogP contribution < -0.4 is 0 Å². The van der Waals surface area contributed by atoms with Crippen molar-refractivity contribution in [3.63, 3.8) is 0 Å². The minimum Gasteiger partial charge on any atom is -0.0654 e. The Bertz CT molecular complexity index is 6120. The topological polar surface area (TPSA) is 0 Å². The van der Waals surface area contributed by atoms with Gasteiger partial charge in [-0.2, -0.15) is 0 Å². The monoisotopic (exact) mass is 1600 g/mol. The fourth-order valence-electron chi connectivity index (χ4n) is 18.6. The summed E-state index contributed by atoms with van der Waals surface area (Å²) < 4.78 is 0. The Morgan fingerprint density at radius 3 is 0.836 bits per heavy atom. The van der Waals surface area contributed by atoms with Gasteiger partial charge in [-0.3, -0.25) is 0 Å². The number of unbranched alkanes of at least 4 members (excludes halogenated alkanes) is 13. The quantitative estimate of drug-likeness (QED) is 0.0469. The Kier molecular flexibility index (Phi) is 32.5. The smallest absolute Gasteiger partial charge is 0.00203 e. The molecule has 122 heavy (non-hydrogen) atoms. The molecule has 0 heteroatoms. The molecule has 0 nitrogen and oxygen atoms in total. The van der Waals surface area contributed by atoms with Gasteiger partial charge < -0.3 is 0 Å². The summed E-state index contributed by atoms with van der Waals surface area (Å²) >= 11 is 0. The Morgan fingerprint density at radius 1 is 0.172 bits per heavy atom. The molecule has 0 aliphatic heterocycles. The maximum atomic E-state index is 2.46. The first-order valence-electron chi connectivity index (χ1n) is 46.2. The van der Waals surface area contributed by atoms with Gasteiger partial charge in [0.15, 0.2) is 0 Å². The molecular weight excluding hydrogens is 1470 g/mol. The average molecular weight is 1600 g/mol. The molecule has 0 bridgehead atoms. The van der Waals surface area contributed by atoms with Crippen LogP contribution in [0.5, 0.6) is 0 Å². The van der Waals surface area contributed by atoms with Crippen LogP contribution in [0.4, 0.5) is 0 Å². The lowest BCUT2D eigenvalue weighted by molar-refractivity contribution is 0.600. The van der Waals surface area contributed by atoms with Crippen LogP contribution in [0, 0.1) is 96.9 Å². The second kappa shape index (κ2) is 44.1.